The van der Waals surface area contributed by atoms with E-state index in [0.717, 1.165) is 4.20 Å². The van der Waals surface area contributed by atoms with E-state index in [0.29, 0.717) is 17.2 Å². The Bertz CT molecular complexity index is 126. The molecular weight excluding hydrogens is 172 g/mol. The first-order valence-corrected chi connectivity index (χ1v) is 5.89. The first-order chi connectivity index (χ1) is 4.22. The highest BCUT2D eigenvalue weighted by Crippen LogP contribution is 2.22. The van der Waals surface area contributed by atoms with Gasteiger partial charge in [-0.3, -0.25) is 0 Å². The summed E-state index contributed by atoms with van der Waals surface area (Å²) in [6.07, 6.45) is 1.98. The molecule has 0 bridgehead atoms. The van der Waals surface area contributed by atoms with Crippen LogP contribution in [-0.4, -0.2) is 14.7 Å². The molecule has 0 spiro atoms. The van der Waals surface area contributed by atoms with E-state index < -0.39 is 0 Å². The molecule has 0 aliphatic carbocycles. The van der Waals surface area contributed by atoms with Crippen molar-refractivity contribution in [2.24, 2.45) is 5.92 Å². The summed E-state index contributed by atoms with van der Waals surface area (Å²) >= 11 is 0.611. The van der Waals surface area contributed by atoms with Crippen molar-refractivity contribution < 1.29 is 4.21 Å². The zero-order chi connectivity index (χ0) is 7.28. The Morgan fingerprint density at radius 2 is 2.00 bits per heavy atom. The Kier molecular flexibility index (Phi) is 5.73. The molecule has 4 heteroatoms. The van der Waals surface area contributed by atoms with Crippen molar-refractivity contribution in [3.63, 3.8) is 0 Å². The summed E-state index contributed by atoms with van der Waals surface area (Å²) < 4.78 is 11.3. The third-order valence-corrected chi connectivity index (χ3v) is 3.97. The van der Waals surface area contributed by atoms with Gasteiger partial charge < -0.3 is 0 Å². The molecule has 0 aliphatic heterocycles. The maximum Gasteiger partial charge on any atom is 0.100 e. The molecule has 0 N–H and O–H groups in total. The van der Waals surface area contributed by atoms with Crippen molar-refractivity contribution in [1.82, 2.24) is 0 Å². The molecule has 0 aromatic rings. The van der Waals surface area contributed by atoms with Gasteiger partial charge in [0.05, 0.1) is 4.20 Å². The minimum Gasteiger partial charge on any atom is -0.211 e. The fourth-order valence-corrected chi connectivity index (χ4v) is 2.88. The fourth-order valence-electron chi connectivity index (χ4n) is 0.288. The van der Waals surface area contributed by atoms with Crippen LogP contribution in [0.4, 0.5) is 0 Å². The smallest absolute Gasteiger partial charge is 0.100 e. The summed E-state index contributed by atoms with van der Waals surface area (Å²) in [6.45, 7) is 4.06. The topological polar surface area (TPSA) is 17.1 Å². The summed E-state index contributed by atoms with van der Waals surface area (Å²) in [7, 11) is 3.19. The Morgan fingerprint density at radius 3 is 2.11 bits per heavy atom. The molecular formula is C5H10OS3. The van der Waals surface area contributed by atoms with Crippen LogP contribution in [-0.2, 0) is 11.3 Å². The molecule has 0 heterocycles. The van der Waals surface area contributed by atoms with E-state index in [4.69, 9.17) is 0 Å². The van der Waals surface area contributed by atoms with Gasteiger partial charge in [-0.25, -0.2) is 4.21 Å². The van der Waals surface area contributed by atoms with Crippen molar-refractivity contribution >= 4 is 37.0 Å². The van der Waals surface area contributed by atoms with E-state index >= 15 is 0 Å². The Labute approximate surface area is 67.5 Å². The molecule has 0 radical (unpaired) electrons. The van der Waals surface area contributed by atoms with Gasteiger partial charge in [-0.05, 0) is 23.0 Å². The van der Waals surface area contributed by atoms with Gasteiger partial charge in [0.25, 0.3) is 0 Å². The van der Waals surface area contributed by atoms with Crippen molar-refractivity contribution in [2.75, 3.05) is 6.26 Å². The average Bonchev–Trinajstić information content (AvgIpc) is 1.82. The van der Waals surface area contributed by atoms with Crippen LogP contribution < -0.4 is 0 Å². The average molecular weight is 182 g/mol. The summed E-state index contributed by atoms with van der Waals surface area (Å²) in [5.74, 6) is 0.393. The SMILES string of the molecule is CSSC(=S=O)C(C)C. The highest BCUT2D eigenvalue weighted by molar-refractivity contribution is 8.83. The predicted molar refractivity (Wildman–Crippen MR) is 49.1 cm³/mol. The zero-order valence-electron chi connectivity index (χ0n) is 5.71. The molecule has 0 atom stereocenters. The lowest BCUT2D eigenvalue weighted by molar-refractivity contribution is 0.700. The van der Waals surface area contributed by atoms with Crippen molar-refractivity contribution in [3.8, 4) is 0 Å². The molecule has 54 valence electrons. The lowest BCUT2D eigenvalue weighted by Crippen LogP contribution is -1.99. The van der Waals surface area contributed by atoms with Crippen LogP contribution in [0.25, 0.3) is 0 Å². The lowest BCUT2D eigenvalue weighted by atomic mass is 10.3. The van der Waals surface area contributed by atoms with E-state index in [1.807, 2.05) is 20.1 Å². The minimum atomic E-state index is 0.393. The first kappa shape index (κ1) is 9.59. The lowest BCUT2D eigenvalue weighted by Gasteiger charge is -2.00. The summed E-state index contributed by atoms with van der Waals surface area (Å²) in [5, 5.41) is 0. The van der Waals surface area contributed by atoms with Gasteiger partial charge in [0, 0.05) is 0 Å². The minimum absolute atomic E-state index is 0.393. The number of hydrogen-bond acceptors (Lipinski definition) is 3. The molecule has 0 unspecified atom stereocenters. The van der Waals surface area contributed by atoms with Gasteiger partial charge in [-0.15, -0.1) is 0 Å². The molecule has 0 aromatic carbocycles. The number of hydrogen-bond donors (Lipinski definition) is 0. The second-order valence-electron chi connectivity index (χ2n) is 1.81. The highest BCUT2D eigenvalue weighted by atomic mass is 33.1. The second kappa shape index (κ2) is 5.38. The van der Waals surface area contributed by atoms with Crippen molar-refractivity contribution in [1.29, 1.82) is 0 Å². The molecule has 9 heavy (non-hydrogen) atoms. The molecule has 0 aromatic heterocycles. The molecule has 0 saturated heterocycles. The van der Waals surface area contributed by atoms with Crippen LogP contribution in [0, 0.1) is 5.92 Å². The molecule has 0 rings (SSSR count). The quantitative estimate of drug-likeness (QED) is 0.480. The third-order valence-electron chi connectivity index (χ3n) is 0.719. The standard InChI is InChI=1S/C5H10OS3/c1-4(2)5(8-6)9-7-3/h4H,1-3H3. The van der Waals surface area contributed by atoms with E-state index in [1.54, 1.807) is 21.6 Å². The molecule has 0 saturated carbocycles. The predicted octanol–water partition coefficient (Wildman–Crippen LogP) is 2.00. The monoisotopic (exact) mass is 182 g/mol. The molecule has 0 amide bonds. The summed E-state index contributed by atoms with van der Waals surface area (Å²) in [5.41, 5.74) is 0. The van der Waals surface area contributed by atoms with Gasteiger partial charge in [-0.1, -0.05) is 24.6 Å². The third kappa shape index (κ3) is 4.06. The molecule has 0 aliphatic rings. The van der Waals surface area contributed by atoms with Crippen LogP contribution in [0.2, 0.25) is 0 Å². The summed E-state index contributed by atoms with van der Waals surface area (Å²) in [6, 6.07) is 0. The summed E-state index contributed by atoms with van der Waals surface area (Å²) in [4.78, 5) is 0. The van der Waals surface area contributed by atoms with Crippen LogP contribution >= 0.6 is 21.6 Å². The van der Waals surface area contributed by atoms with Crippen molar-refractivity contribution in [2.45, 2.75) is 13.8 Å². The van der Waals surface area contributed by atoms with Crippen LogP contribution in [0.15, 0.2) is 0 Å². The van der Waals surface area contributed by atoms with Crippen LogP contribution in [0.3, 0.4) is 0 Å². The molecule has 1 nitrogen and oxygen atoms in total. The van der Waals surface area contributed by atoms with E-state index in [9.17, 15) is 4.21 Å². The van der Waals surface area contributed by atoms with Gasteiger partial charge in [0.2, 0.25) is 0 Å². The van der Waals surface area contributed by atoms with Gasteiger partial charge in [0.1, 0.15) is 11.3 Å². The van der Waals surface area contributed by atoms with Gasteiger partial charge in [0.15, 0.2) is 0 Å². The highest BCUT2D eigenvalue weighted by Gasteiger charge is 2.02. The Morgan fingerprint density at radius 1 is 1.44 bits per heavy atom. The van der Waals surface area contributed by atoms with Crippen LogP contribution in [0.1, 0.15) is 13.8 Å². The largest absolute Gasteiger partial charge is 0.211 e. The van der Waals surface area contributed by atoms with Gasteiger partial charge in [-0.2, -0.15) is 0 Å². The second-order valence-corrected chi connectivity index (χ2v) is 5.11. The van der Waals surface area contributed by atoms with Crippen molar-refractivity contribution in [3.05, 3.63) is 0 Å². The fraction of sp³-hybridized carbons (Fsp3) is 0.800. The van der Waals surface area contributed by atoms with E-state index in [1.165, 1.54) is 0 Å². The zero-order valence-corrected chi connectivity index (χ0v) is 8.16. The normalized spacial score (nSPS) is 9.78. The Balaban J connectivity index is 3.86. The molecule has 0 fully saturated rings. The Hall–Kier alpha value is 0.590. The van der Waals surface area contributed by atoms with E-state index in [2.05, 4.69) is 0 Å². The van der Waals surface area contributed by atoms with E-state index in [-0.39, 0.29) is 0 Å². The maximum absolute atomic E-state index is 10.3. The van der Waals surface area contributed by atoms with Gasteiger partial charge >= 0.3 is 0 Å². The maximum atomic E-state index is 10.3. The number of rotatable bonds is 2. The first-order valence-electron chi connectivity index (χ1n) is 2.59. The van der Waals surface area contributed by atoms with Crippen LogP contribution in [0.5, 0.6) is 0 Å².